The summed E-state index contributed by atoms with van der Waals surface area (Å²) >= 11 is 0. The van der Waals surface area contributed by atoms with Gasteiger partial charge in [0.15, 0.2) is 0 Å². The van der Waals surface area contributed by atoms with E-state index < -0.39 is 0 Å². The summed E-state index contributed by atoms with van der Waals surface area (Å²) in [6.07, 6.45) is 6.27. The van der Waals surface area contributed by atoms with Gasteiger partial charge in [-0.15, -0.1) is 0 Å². The van der Waals surface area contributed by atoms with Gasteiger partial charge in [-0.1, -0.05) is 13.3 Å². The number of nitrogens with zero attached hydrogens (tertiary/aromatic N) is 4. The van der Waals surface area contributed by atoms with Gasteiger partial charge in [0.1, 0.15) is 0 Å². The quantitative estimate of drug-likeness (QED) is 0.830. The second-order valence-electron chi connectivity index (χ2n) is 7.58. The van der Waals surface area contributed by atoms with Crippen LogP contribution in [0.3, 0.4) is 0 Å². The number of carbonyl (C=O) groups is 1. The van der Waals surface area contributed by atoms with Crippen LogP contribution in [0.2, 0.25) is 0 Å². The van der Waals surface area contributed by atoms with Gasteiger partial charge in [0, 0.05) is 49.8 Å². The van der Waals surface area contributed by atoms with Gasteiger partial charge in [-0.2, -0.15) is 4.98 Å². The molecule has 0 bridgehead atoms. The highest BCUT2D eigenvalue weighted by Gasteiger charge is 2.40. The Balaban J connectivity index is 1.55. The van der Waals surface area contributed by atoms with Crippen molar-refractivity contribution in [1.82, 2.24) is 14.9 Å². The lowest BCUT2D eigenvalue weighted by Crippen LogP contribution is -2.43. The highest BCUT2D eigenvalue weighted by Crippen LogP contribution is 2.36. The van der Waals surface area contributed by atoms with E-state index in [1.54, 1.807) is 19.4 Å². The van der Waals surface area contributed by atoms with Crippen molar-refractivity contribution in [2.24, 2.45) is 11.3 Å². The predicted molar refractivity (Wildman–Crippen MR) is 99.1 cm³/mol. The number of piperidine rings is 1. The Morgan fingerprint density at radius 3 is 2.81 bits per heavy atom. The molecular weight excluding hydrogens is 332 g/mol. The molecule has 2 aliphatic rings. The summed E-state index contributed by atoms with van der Waals surface area (Å²) in [6.45, 7) is 5.34. The van der Waals surface area contributed by atoms with Crippen LogP contribution in [0.15, 0.2) is 12.3 Å². The number of hydrogen-bond acceptors (Lipinski definition) is 6. The highest BCUT2D eigenvalue weighted by molar-refractivity contribution is 5.79. The largest absolute Gasteiger partial charge is 0.481 e. The van der Waals surface area contributed by atoms with Gasteiger partial charge in [0.05, 0.1) is 13.7 Å². The molecule has 1 aromatic rings. The second-order valence-corrected chi connectivity index (χ2v) is 7.58. The Hall–Kier alpha value is -1.89. The van der Waals surface area contributed by atoms with E-state index in [-0.39, 0.29) is 23.8 Å². The summed E-state index contributed by atoms with van der Waals surface area (Å²) in [5.41, 5.74) is -0.0838. The first-order valence-corrected chi connectivity index (χ1v) is 9.62. The van der Waals surface area contributed by atoms with Crippen molar-refractivity contribution in [1.29, 1.82) is 0 Å². The van der Waals surface area contributed by atoms with E-state index in [4.69, 9.17) is 4.74 Å². The minimum atomic E-state index is -0.0838. The van der Waals surface area contributed by atoms with Crippen LogP contribution in [-0.2, 0) is 4.79 Å². The normalized spacial score (nSPS) is 24.1. The number of hydrogen-bond donors (Lipinski definition) is 1. The van der Waals surface area contributed by atoms with Crippen molar-refractivity contribution >= 4 is 11.9 Å². The van der Waals surface area contributed by atoms with Crippen molar-refractivity contribution in [3.8, 4) is 5.88 Å². The molecule has 0 aromatic carbocycles. The number of likely N-dealkylation sites (tertiary alicyclic amines) is 1. The zero-order valence-electron chi connectivity index (χ0n) is 15.9. The van der Waals surface area contributed by atoms with E-state index in [9.17, 15) is 9.90 Å². The van der Waals surface area contributed by atoms with Crippen LogP contribution in [-0.4, -0.2) is 65.8 Å². The summed E-state index contributed by atoms with van der Waals surface area (Å²) in [4.78, 5) is 25.7. The van der Waals surface area contributed by atoms with E-state index in [2.05, 4.69) is 21.8 Å². The Bertz CT molecular complexity index is 619. The topological polar surface area (TPSA) is 78.8 Å². The smallest absolute Gasteiger partial charge is 0.228 e. The lowest BCUT2D eigenvalue weighted by atomic mass is 9.83. The molecule has 0 spiro atoms. The van der Waals surface area contributed by atoms with Gasteiger partial charge < -0.3 is 19.6 Å². The molecule has 0 aliphatic carbocycles. The molecule has 0 saturated carbocycles. The second kappa shape index (κ2) is 8.20. The van der Waals surface area contributed by atoms with Gasteiger partial charge in [0.25, 0.3) is 0 Å². The molecular formula is C19H30N4O3. The van der Waals surface area contributed by atoms with Crippen molar-refractivity contribution in [2.45, 2.75) is 39.0 Å². The third kappa shape index (κ3) is 3.92. The van der Waals surface area contributed by atoms with Crippen LogP contribution in [0.5, 0.6) is 5.88 Å². The fraction of sp³-hybridized carbons (Fsp3) is 0.737. The summed E-state index contributed by atoms with van der Waals surface area (Å²) in [6, 6.07) is 1.73. The number of carbonyl (C=O) groups excluding carboxylic acids is 1. The number of amides is 1. The highest BCUT2D eigenvalue weighted by atomic mass is 16.5. The van der Waals surface area contributed by atoms with E-state index in [1.807, 2.05) is 4.90 Å². The van der Waals surface area contributed by atoms with Crippen molar-refractivity contribution in [3.63, 3.8) is 0 Å². The van der Waals surface area contributed by atoms with Crippen molar-refractivity contribution in [2.75, 3.05) is 44.8 Å². The molecule has 144 valence electrons. The maximum Gasteiger partial charge on any atom is 0.228 e. The first kappa shape index (κ1) is 18.9. The molecule has 1 atom stereocenters. The average molecular weight is 362 g/mol. The van der Waals surface area contributed by atoms with Crippen molar-refractivity contribution < 1.29 is 14.6 Å². The summed E-state index contributed by atoms with van der Waals surface area (Å²) < 4.78 is 5.16. The summed E-state index contributed by atoms with van der Waals surface area (Å²) in [7, 11) is 1.60. The molecule has 1 aromatic heterocycles. The number of aliphatic hydroxyl groups is 1. The molecule has 2 aliphatic heterocycles. The standard InChI is InChI=1S/C19H30N4O3/c1-3-7-19(14-24)8-12-23(13-19)17(25)15-5-10-22(11-6-15)18-20-9-4-16(21-18)26-2/h4,9,15,24H,3,5-8,10-14H2,1-2H3. The Morgan fingerprint density at radius 1 is 1.38 bits per heavy atom. The predicted octanol–water partition coefficient (Wildman–Crippen LogP) is 1.71. The van der Waals surface area contributed by atoms with Crippen LogP contribution in [0.1, 0.15) is 39.0 Å². The Kier molecular flexibility index (Phi) is 5.96. The minimum absolute atomic E-state index is 0.0629. The monoisotopic (exact) mass is 362 g/mol. The minimum Gasteiger partial charge on any atom is -0.481 e. The van der Waals surface area contributed by atoms with Gasteiger partial charge >= 0.3 is 0 Å². The van der Waals surface area contributed by atoms with Gasteiger partial charge in [0.2, 0.25) is 17.7 Å². The number of rotatable bonds is 6. The molecule has 26 heavy (non-hydrogen) atoms. The number of ether oxygens (including phenoxy) is 1. The van der Waals surface area contributed by atoms with Crippen molar-refractivity contribution in [3.05, 3.63) is 12.3 Å². The molecule has 3 heterocycles. The Labute approximate surface area is 155 Å². The van der Waals surface area contributed by atoms with Gasteiger partial charge in [-0.3, -0.25) is 4.79 Å². The molecule has 1 unspecified atom stereocenters. The fourth-order valence-electron chi connectivity index (χ4n) is 4.25. The molecule has 0 radical (unpaired) electrons. The first-order valence-electron chi connectivity index (χ1n) is 9.62. The molecule has 7 nitrogen and oxygen atoms in total. The number of aromatic nitrogens is 2. The summed E-state index contributed by atoms with van der Waals surface area (Å²) in [5, 5.41) is 9.79. The van der Waals surface area contributed by atoms with Crippen LogP contribution in [0, 0.1) is 11.3 Å². The summed E-state index contributed by atoms with van der Waals surface area (Å²) in [5.74, 6) is 1.54. The zero-order valence-corrected chi connectivity index (χ0v) is 15.9. The third-order valence-electron chi connectivity index (χ3n) is 5.82. The van der Waals surface area contributed by atoms with Gasteiger partial charge in [-0.05, 0) is 25.7 Å². The molecule has 2 fully saturated rings. The SMILES string of the molecule is CCCC1(CO)CCN(C(=O)C2CCN(c3nccc(OC)n3)CC2)C1. The number of aliphatic hydroxyl groups excluding tert-OH is 1. The van der Waals surface area contributed by atoms with E-state index in [1.165, 1.54) is 0 Å². The maximum atomic E-state index is 12.9. The van der Waals surface area contributed by atoms with Crippen LogP contribution >= 0.6 is 0 Å². The van der Waals surface area contributed by atoms with Crippen LogP contribution in [0.4, 0.5) is 5.95 Å². The lowest BCUT2D eigenvalue weighted by molar-refractivity contribution is -0.135. The molecule has 7 heteroatoms. The number of methoxy groups -OCH3 is 1. The van der Waals surface area contributed by atoms with Crippen LogP contribution < -0.4 is 9.64 Å². The first-order chi connectivity index (χ1) is 12.6. The molecule has 2 saturated heterocycles. The lowest BCUT2D eigenvalue weighted by Gasteiger charge is -2.34. The zero-order chi connectivity index (χ0) is 18.6. The Morgan fingerprint density at radius 2 is 2.15 bits per heavy atom. The fourth-order valence-corrected chi connectivity index (χ4v) is 4.25. The van der Waals surface area contributed by atoms with E-state index >= 15 is 0 Å². The molecule has 3 rings (SSSR count). The molecule has 1 N–H and O–H groups in total. The molecule has 1 amide bonds. The van der Waals surface area contributed by atoms with E-state index in [0.717, 1.165) is 51.7 Å². The number of anilines is 1. The van der Waals surface area contributed by atoms with Gasteiger partial charge in [-0.25, -0.2) is 4.98 Å². The van der Waals surface area contributed by atoms with E-state index in [0.29, 0.717) is 18.4 Å². The van der Waals surface area contributed by atoms with Crippen LogP contribution in [0.25, 0.3) is 0 Å². The maximum absolute atomic E-state index is 12.9. The average Bonchev–Trinajstić information content (AvgIpc) is 3.12. The third-order valence-corrected chi connectivity index (χ3v) is 5.82.